The molecule has 0 fully saturated rings. The zero-order chi connectivity index (χ0) is 16.4. The maximum Gasteiger partial charge on any atom is 0.221 e. The molecule has 24 heavy (non-hydrogen) atoms. The van der Waals surface area contributed by atoms with Gasteiger partial charge in [-0.25, -0.2) is 5.01 Å². The van der Waals surface area contributed by atoms with Gasteiger partial charge in [-0.05, 0) is 43.3 Å². The molecule has 0 radical (unpaired) electrons. The van der Waals surface area contributed by atoms with Gasteiger partial charge in [0.05, 0.1) is 0 Å². The van der Waals surface area contributed by atoms with Crippen LogP contribution >= 0.6 is 0 Å². The van der Waals surface area contributed by atoms with E-state index in [-0.39, 0.29) is 0 Å². The fraction of sp³-hybridized carbons (Fsp3) is 0.105. The summed E-state index contributed by atoms with van der Waals surface area (Å²) in [5.41, 5.74) is 4.97. The van der Waals surface area contributed by atoms with E-state index in [1.807, 2.05) is 65.7 Å². The topological polar surface area (TPSA) is 51.7 Å². The minimum atomic E-state index is -0.422. The van der Waals surface area contributed by atoms with E-state index in [4.69, 9.17) is 0 Å². The first kappa shape index (κ1) is 14.4. The molecule has 120 valence electrons. The van der Waals surface area contributed by atoms with Crippen molar-refractivity contribution in [1.29, 1.82) is 0 Å². The number of nitrogens with zero attached hydrogens (tertiary/aromatic N) is 2. The molecule has 5 nitrogen and oxygen atoms in total. The summed E-state index contributed by atoms with van der Waals surface area (Å²) in [6, 6.07) is 20.1. The summed E-state index contributed by atoms with van der Waals surface area (Å²) in [7, 11) is 0. The molecule has 1 atom stereocenters. The molecule has 0 aromatic heterocycles. The van der Waals surface area contributed by atoms with Crippen molar-refractivity contribution in [2.45, 2.75) is 12.6 Å². The molecule has 0 spiro atoms. The number of fused-ring (bicyclic) bond motifs is 1. The number of guanidine groups is 1. The molecule has 2 heterocycles. The molecule has 0 saturated carbocycles. The van der Waals surface area contributed by atoms with Gasteiger partial charge in [-0.15, -0.1) is 0 Å². The number of rotatable bonds is 3. The lowest BCUT2D eigenvalue weighted by atomic mass is 10.1. The van der Waals surface area contributed by atoms with Crippen LogP contribution < -0.4 is 16.1 Å². The average Bonchev–Trinajstić information content (AvgIpc) is 3.01. The Morgan fingerprint density at radius 2 is 1.62 bits per heavy atom. The van der Waals surface area contributed by atoms with Crippen molar-refractivity contribution in [3.63, 3.8) is 0 Å². The second kappa shape index (κ2) is 5.77. The summed E-state index contributed by atoms with van der Waals surface area (Å²) >= 11 is 0. The standard InChI is InChI=1S/C19H19N5/c1-19(22-16-11-6-3-7-12-16)14-8-13-17-21-18(23-24(17)19)20-15-9-4-2-5-10-15/h2-14,22H,1H3,(H2,20,21,23). The Labute approximate surface area is 141 Å². The molecule has 2 aliphatic heterocycles. The van der Waals surface area contributed by atoms with Gasteiger partial charge >= 0.3 is 0 Å². The zero-order valence-corrected chi connectivity index (χ0v) is 13.4. The molecule has 0 bridgehead atoms. The maximum absolute atomic E-state index is 4.63. The third kappa shape index (κ3) is 2.72. The van der Waals surface area contributed by atoms with Crippen LogP contribution in [0.25, 0.3) is 0 Å². The van der Waals surface area contributed by atoms with E-state index in [2.05, 4.69) is 46.2 Å². The molecule has 0 amide bonds. The van der Waals surface area contributed by atoms with Crippen LogP contribution in [0.15, 0.2) is 89.7 Å². The van der Waals surface area contributed by atoms with Crippen molar-refractivity contribution in [1.82, 2.24) is 10.4 Å². The average molecular weight is 317 g/mol. The van der Waals surface area contributed by atoms with Crippen LogP contribution in [0.1, 0.15) is 6.92 Å². The van der Waals surface area contributed by atoms with E-state index in [0.717, 1.165) is 17.2 Å². The van der Waals surface area contributed by atoms with Crippen LogP contribution in [0.4, 0.5) is 11.4 Å². The number of aliphatic imine (C=N–C) groups is 1. The van der Waals surface area contributed by atoms with Crippen molar-refractivity contribution < 1.29 is 0 Å². The van der Waals surface area contributed by atoms with Crippen molar-refractivity contribution in [2.24, 2.45) is 4.99 Å². The van der Waals surface area contributed by atoms with Gasteiger partial charge in [0.1, 0.15) is 5.66 Å². The van der Waals surface area contributed by atoms with Crippen LogP contribution in [-0.4, -0.2) is 16.6 Å². The predicted molar refractivity (Wildman–Crippen MR) is 98.2 cm³/mol. The Bertz CT molecular complexity index is 810. The fourth-order valence-electron chi connectivity index (χ4n) is 2.84. The molecule has 2 aromatic rings. The third-order valence-electron chi connectivity index (χ3n) is 4.01. The first-order valence-electron chi connectivity index (χ1n) is 7.93. The Morgan fingerprint density at radius 1 is 0.958 bits per heavy atom. The summed E-state index contributed by atoms with van der Waals surface area (Å²) in [4.78, 5) is 4.63. The summed E-state index contributed by atoms with van der Waals surface area (Å²) in [5.74, 6) is 1.57. The number of hydrogen-bond acceptors (Lipinski definition) is 5. The van der Waals surface area contributed by atoms with Gasteiger partial charge in [0, 0.05) is 11.4 Å². The molecule has 0 saturated heterocycles. The highest BCUT2D eigenvalue weighted by atomic mass is 15.7. The number of hydrogen-bond donors (Lipinski definition) is 3. The van der Waals surface area contributed by atoms with Gasteiger partial charge in [0.2, 0.25) is 5.96 Å². The SMILES string of the molecule is CC1(Nc2ccccc2)C=CC=C2N=C(Nc3ccccc3)NN21. The highest BCUT2D eigenvalue weighted by Crippen LogP contribution is 2.29. The van der Waals surface area contributed by atoms with Crippen LogP contribution in [0, 0.1) is 0 Å². The Balaban J connectivity index is 1.54. The van der Waals surface area contributed by atoms with Crippen LogP contribution in [0.3, 0.4) is 0 Å². The molecule has 2 aliphatic rings. The van der Waals surface area contributed by atoms with E-state index in [1.165, 1.54) is 0 Å². The highest BCUT2D eigenvalue weighted by Gasteiger charge is 2.37. The van der Waals surface area contributed by atoms with Crippen molar-refractivity contribution in [2.75, 3.05) is 10.6 Å². The third-order valence-corrected chi connectivity index (χ3v) is 4.01. The second-order valence-corrected chi connectivity index (χ2v) is 5.92. The van der Waals surface area contributed by atoms with Gasteiger partial charge in [-0.2, -0.15) is 4.99 Å². The summed E-state index contributed by atoms with van der Waals surface area (Å²) in [6.45, 7) is 2.11. The predicted octanol–water partition coefficient (Wildman–Crippen LogP) is 3.51. The quantitative estimate of drug-likeness (QED) is 0.811. The Kier molecular flexibility index (Phi) is 3.46. The zero-order valence-electron chi connectivity index (χ0n) is 13.4. The van der Waals surface area contributed by atoms with Gasteiger partial charge in [-0.3, -0.25) is 5.43 Å². The van der Waals surface area contributed by atoms with Gasteiger partial charge in [-0.1, -0.05) is 42.5 Å². The van der Waals surface area contributed by atoms with Gasteiger partial charge in [0.15, 0.2) is 5.82 Å². The van der Waals surface area contributed by atoms with Crippen LogP contribution in [0.2, 0.25) is 0 Å². The molecular weight excluding hydrogens is 298 g/mol. The fourth-order valence-corrected chi connectivity index (χ4v) is 2.84. The van der Waals surface area contributed by atoms with Crippen LogP contribution in [-0.2, 0) is 0 Å². The largest absolute Gasteiger partial charge is 0.358 e. The van der Waals surface area contributed by atoms with E-state index >= 15 is 0 Å². The molecule has 5 heteroatoms. The summed E-state index contributed by atoms with van der Waals surface area (Å²) < 4.78 is 0. The second-order valence-electron chi connectivity index (χ2n) is 5.92. The summed E-state index contributed by atoms with van der Waals surface area (Å²) in [5, 5.41) is 8.87. The van der Waals surface area contributed by atoms with Crippen molar-refractivity contribution in [3.05, 3.63) is 84.7 Å². The van der Waals surface area contributed by atoms with E-state index in [0.29, 0.717) is 5.96 Å². The number of nitrogens with one attached hydrogen (secondary N) is 3. The molecule has 1 unspecified atom stereocenters. The number of allylic oxidation sites excluding steroid dienone is 2. The smallest absolute Gasteiger partial charge is 0.221 e. The number of para-hydroxylation sites is 2. The Hall–Kier alpha value is -3.21. The lowest BCUT2D eigenvalue weighted by Crippen LogP contribution is -2.56. The van der Waals surface area contributed by atoms with E-state index in [1.54, 1.807) is 0 Å². The van der Waals surface area contributed by atoms with Crippen LogP contribution in [0.5, 0.6) is 0 Å². The first-order valence-corrected chi connectivity index (χ1v) is 7.93. The number of anilines is 2. The van der Waals surface area contributed by atoms with Gasteiger partial charge < -0.3 is 10.6 Å². The first-order chi connectivity index (χ1) is 11.7. The van der Waals surface area contributed by atoms with E-state index in [9.17, 15) is 0 Å². The minimum absolute atomic E-state index is 0.422. The minimum Gasteiger partial charge on any atom is -0.358 e. The highest BCUT2D eigenvalue weighted by molar-refractivity contribution is 5.95. The molecule has 4 rings (SSSR count). The lowest BCUT2D eigenvalue weighted by Gasteiger charge is -2.40. The molecular formula is C19H19N5. The normalized spacial score (nSPS) is 21.5. The molecule has 3 N–H and O–H groups in total. The maximum atomic E-state index is 4.63. The molecule has 0 aliphatic carbocycles. The summed E-state index contributed by atoms with van der Waals surface area (Å²) in [6.07, 6.45) is 6.12. The van der Waals surface area contributed by atoms with Crippen molar-refractivity contribution >= 4 is 17.3 Å². The monoisotopic (exact) mass is 317 g/mol. The number of benzene rings is 2. The Morgan fingerprint density at radius 3 is 2.33 bits per heavy atom. The van der Waals surface area contributed by atoms with Gasteiger partial charge in [0.25, 0.3) is 0 Å². The number of hydrazine groups is 1. The van der Waals surface area contributed by atoms with Crippen molar-refractivity contribution in [3.8, 4) is 0 Å². The lowest BCUT2D eigenvalue weighted by molar-refractivity contribution is 0.195. The molecule has 2 aromatic carbocycles. The van der Waals surface area contributed by atoms with E-state index < -0.39 is 5.66 Å².